The van der Waals surface area contributed by atoms with Crippen molar-refractivity contribution in [3.8, 4) is 11.5 Å². The summed E-state index contributed by atoms with van der Waals surface area (Å²) in [4.78, 5) is 20.5. The fourth-order valence-corrected chi connectivity index (χ4v) is 2.21. The first-order chi connectivity index (χ1) is 11.6. The van der Waals surface area contributed by atoms with Gasteiger partial charge in [-0.2, -0.15) is 0 Å². The molecular formula is C18H16FN3O2. The standard InChI is InChI=1S/C18H16FN3O2/c1-12-16(10-17(23)21-11-15-4-2-3-9-20-15)24-18(22-12)13-5-7-14(19)8-6-13/h2-9H,10-11H2,1H3,(H,21,23). The van der Waals surface area contributed by atoms with Crippen molar-refractivity contribution in [1.82, 2.24) is 15.3 Å². The van der Waals surface area contributed by atoms with Crippen LogP contribution in [0.25, 0.3) is 11.5 Å². The molecule has 1 amide bonds. The molecular weight excluding hydrogens is 309 g/mol. The summed E-state index contributed by atoms with van der Waals surface area (Å²) in [5.41, 5.74) is 2.09. The van der Waals surface area contributed by atoms with Gasteiger partial charge in [-0.15, -0.1) is 0 Å². The van der Waals surface area contributed by atoms with Crippen LogP contribution in [0.3, 0.4) is 0 Å². The Morgan fingerprint density at radius 3 is 2.71 bits per heavy atom. The summed E-state index contributed by atoms with van der Waals surface area (Å²) in [5, 5.41) is 2.79. The molecule has 6 heteroatoms. The zero-order chi connectivity index (χ0) is 16.9. The van der Waals surface area contributed by atoms with Gasteiger partial charge in [0.2, 0.25) is 11.8 Å². The molecule has 1 N–H and O–H groups in total. The van der Waals surface area contributed by atoms with E-state index in [1.807, 2.05) is 18.2 Å². The van der Waals surface area contributed by atoms with Gasteiger partial charge < -0.3 is 9.73 Å². The van der Waals surface area contributed by atoms with E-state index in [0.29, 0.717) is 29.5 Å². The van der Waals surface area contributed by atoms with E-state index in [1.165, 1.54) is 12.1 Å². The van der Waals surface area contributed by atoms with E-state index in [0.717, 1.165) is 5.69 Å². The van der Waals surface area contributed by atoms with Crippen molar-refractivity contribution in [1.29, 1.82) is 0 Å². The summed E-state index contributed by atoms with van der Waals surface area (Å²) < 4.78 is 18.6. The van der Waals surface area contributed by atoms with Gasteiger partial charge >= 0.3 is 0 Å². The molecule has 3 rings (SSSR count). The Labute approximate surface area is 138 Å². The number of amides is 1. The molecule has 0 saturated carbocycles. The minimum atomic E-state index is -0.323. The molecule has 0 spiro atoms. The largest absolute Gasteiger partial charge is 0.440 e. The number of nitrogens with zero attached hydrogens (tertiary/aromatic N) is 2. The lowest BCUT2D eigenvalue weighted by molar-refractivity contribution is -0.120. The molecule has 0 fully saturated rings. The van der Waals surface area contributed by atoms with Gasteiger partial charge in [-0.3, -0.25) is 9.78 Å². The van der Waals surface area contributed by atoms with Crippen LogP contribution in [0.5, 0.6) is 0 Å². The lowest BCUT2D eigenvalue weighted by Crippen LogP contribution is -2.25. The van der Waals surface area contributed by atoms with Gasteiger partial charge in [-0.1, -0.05) is 6.07 Å². The average Bonchev–Trinajstić information content (AvgIpc) is 2.95. The van der Waals surface area contributed by atoms with Gasteiger partial charge in [-0.25, -0.2) is 9.37 Å². The number of nitrogens with one attached hydrogen (secondary N) is 1. The third-order valence-electron chi connectivity index (χ3n) is 3.50. The summed E-state index contributed by atoms with van der Waals surface area (Å²) in [7, 11) is 0. The fraction of sp³-hybridized carbons (Fsp3) is 0.167. The smallest absolute Gasteiger partial charge is 0.228 e. The zero-order valence-electron chi connectivity index (χ0n) is 13.1. The number of hydrogen-bond donors (Lipinski definition) is 1. The maximum atomic E-state index is 13.0. The summed E-state index contributed by atoms with van der Waals surface area (Å²) in [5.74, 6) is 0.370. The second-order valence-corrected chi connectivity index (χ2v) is 5.31. The summed E-state index contributed by atoms with van der Waals surface area (Å²) in [6, 6.07) is 11.4. The highest BCUT2D eigenvalue weighted by Crippen LogP contribution is 2.22. The van der Waals surface area contributed by atoms with Crippen LogP contribution in [0.2, 0.25) is 0 Å². The third kappa shape index (κ3) is 3.84. The van der Waals surface area contributed by atoms with Crippen LogP contribution in [0.1, 0.15) is 17.1 Å². The highest BCUT2D eigenvalue weighted by Gasteiger charge is 2.15. The van der Waals surface area contributed by atoms with Crippen LogP contribution in [0, 0.1) is 12.7 Å². The average molecular weight is 325 g/mol. The molecule has 0 aliphatic carbocycles. The maximum absolute atomic E-state index is 13.0. The summed E-state index contributed by atoms with van der Waals surface area (Å²) >= 11 is 0. The van der Waals surface area contributed by atoms with Crippen molar-refractivity contribution in [2.45, 2.75) is 19.9 Å². The number of carbonyl (C=O) groups is 1. The van der Waals surface area contributed by atoms with Crippen molar-refractivity contribution in [2.75, 3.05) is 0 Å². The van der Waals surface area contributed by atoms with E-state index in [2.05, 4.69) is 15.3 Å². The summed E-state index contributed by atoms with van der Waals surface area (Å²) in [6.45, 7) is 2.13. The van der Waals surface area contributed by atoms with Crippen LogP contribution < -0.4 is 5.32 Å². The Balaban J connectivity index is 1.65. The number of rotatable bonds is 5. The maximum Gasteiger partial charge on any atom is 0.228 e. The predicted molar refractivity (Wildman–Crippen MR) is 86.4 cm³/mol. The highest BCUT2D eigenvalue weighted by molar-refractivity contribution is 5.78. The molecule has 0 aliphatic rings. The SMILES string of the molecule is Cc1nc(-c2ccc(F)cc2)oc1CC(=O)NCc1ccccn1. The van der Waals surface area contributed by atoms with E-state index in [9.17, 15) is 9.18 Å². The first-order valence-corrected chi connectivity index (χ1v) is 7.50. The van der Waals surface area contributed by atoms with Crippen LogP contribution in [0.15, 0.2) is 53.1 Å². The van der Waals surface area contributed by atoms with Crippen molar-refractivity contribution in [3.05, 3.63) is 71.6 Å². The first kappa shape index (κ1) is 15.9. The van der Waals surface area contributed by atoms with Gasteiger partial charge in [0, 0.05) is 11.8 Å². The van der Waals surface area contributed by atoms with Gasteiger partial charge in [0.25, 0.3) is 0 Å². The van der Waals surface area contributed by atoms with Gasteiger partial charge in [0.05, 0.1) is 24.4 Å². The van der Waals surface area contributed by atoms with E-state index in [-0.39, 0.29) is 18.1 Å². The Morgan fingerprint density at radius 2 is 2.00 bits per heavy atom. The Hall–Kier alpha value is -3.02. The molecule has 1 aromatic carbocycles. The second-order valence-electron chi connectivity index (χ2n) is 5.31. The number of aryl methyl sites for hydroxylation is 1. The lowest BCUT2D eigenvalue weighted by Gasteiger charge is -2.03. The summed E-state index contributed by atoms with van der Waals surface area (Å²) in [6.07, 6.45) is 1.77. The minimum Gasteiger partial charge on any atom is -0.440 e. The highest BCUT2D eigenvalue weighted by atomic mass is 19.1. The van der Waals surface area contributed by atoms with Crippen LogP contribution in [0.4, 0.5) is 4.39 Å². The number of oxazole rings is 1. The molecule has 0 unspecified atom stereocenters. The van der Waals surface area contributed by atoms with E-state index < -0.39 is 0 Å². The van der Waals surface area contributed by atoms with Crippen LogP contribution in [-0.4, -0.2) is 15.9 Å². The molecule has 0 aliphatic heterocycles. The molecule has 5 nitrogen and oxygen atoms in total. The van der Waals surface area contributed by atoms with E-state index in [4.69, 9.17) is 4.42 Å². The van der Waals surface area contributed by atoms with Gasteiger partial charge in [0.1, 0.15) is 11.6 Å². The van der Waals surface area contributed by atoms with Crippen molar-refractivity contribution < 1.29 is 13.6 Å². The van der Waals surface area contributed by atoms with Gasteiger partial charge in [-0.05, 0) is 43.3 Å². The minimum absolute atomic E-state index is 0.0901. The van der Waals surface area contributed by atoms with Gasteiger partial charge in [0.15, 0.2) is 0 Å². The quantitative estimate of drug-likeness (QED) is 0.783. The van der Waals surface area contributed by atoms with E-state index >= 15 is 0 Å². The zero-order valence-corrected chi connectivity index (χ0v) is 13.1. The van der Waals surface area contributed by atoms with Crippen molar-refractivity contribution in [2.24, 2.45) is 0 Å². The van der Waals surface area contributed by atoms with Crippen molar-refractivity contribution in [3.63, 3.8) is 0 Å². The Bertz CT molecular complexity index is 829. The second kappa shape index (κ2) is 7.04. The number of benzene rings is 1. The first-order valence-electron chi connectivity index (χ1n) is 7.50. The lowest BCUT2D eigenvalue weighted by atomic mass is 10.2. The normalized spacial score (nSPS) is 10.6. The van der Waals surface area contributed by atoms with E-state index in [1.54, 1.807) is 25.3 Å². The number of pyridine rings is 1. The Kier molecular flexibility index (Phi) is 4.65. The number of halogens is 1. The topological polar surface area (TPSA) is 68.0 Å². The Morgan fingerprint density at radius 1 is 1.21 bits per heavy atom. The molecule has 122 valence electrons. The van der Waals surface area contributed by atoms with Crippen molar-refractivity contribution >= 4 is 5.91 Å². The molecule has 0 atom stereocenters. The number of carbonyl (C=O) groups excluding carboxylic acids is 1. The molecule has 2 aromatic heterocycles. The predicted octanol–water partition coefficient (Wildman–Crippen LogP) is 3.04. The number of aromatic nitrogens is 2. The molecule has 0 radical (unpaired) electrons. The molecule has 0 saturated heterocycles. The third-order valence-corrected chi connectivity index (χ3v) is 3.50. The fourth-order valence-electron chi connectivity index (χ4n) is 2.21. The molecule has 24 heavy (non-hydrogen) atoms. The number of hydrogen-bond acceptors (Lipinski definition) is 4. The molecule has 3 aromatic rings. The molecule has 0 bridgehead atoms. The van der Waals surface area contributed by atoms with Crippen LogP contribution in [-0.2, 0) is 17.8 Å². The monoisotopic (exact) mass is 325 g/mol. The molecule has 2 heterocycles. The van der Waals surface area contributed by atoms with Crippen LogP contribution >= 0.6 is 0 Å².